The van der Waals surface area contributed by atoms with E-state index < -0.39 is 5.54 Å². The Balaban J connectivity index is 2.84. The summed E-state index contributed by atoms with van der Waals surface area (Å²) in [5.41, 5.74) is -0.729. The summed E-state index contributed by atoms with van der Waals surface area (Å²) in [4.78, 5) is 13.6. The number of nitrogens with one attached hydrogen (secondary N) is 1. The third-order valence-electron chi connectivity index (χ3n) is 2.92. The van der Waals surface area contributed by atoms with Gasteiger partial charge in [-0.3, -0.25) is 0 Å². The van der Waals surface area contributed by atoms with Crippen LogP contribution in [0.25, 0.3) is 0 Å². The first-order valence-electron chi connectivity index (χ1n) is 4.79. The molecule has 14 heavy (non-hydrogen) atoms. The van der Waals surface area contributed by atoms with Crippen LogP contribution in [0.4, 0.5) is 0 Å². The second kappa shape index (κ2) is 3.46. The maximum atomic E-state index is 11.8. The summed E-state index contributed by atoms with van der Waals surface area (Å²) in [7, 11) is 2.62. The third kappa shape index (κ3) is 1.87. The molecule has 0 saturated carbocycles. The van der Waals surface area contributed by atoms with Crippen LogP contribution >= 0.6 is 0 Å². The zero-order valence-electron chi connectivity index (χ0n) is 9.26. The molecule has 0 aromatic heterocycles. The Labute approximate surface area is 85.3 Å². The fourth-order valence-corrected chi connectivity index (χ4v) is 2.05. The first kappa shape index (κ1) is 11.4. The molecule has 0 aliphatic carbocycles. The van der Waals surface area contributed by atoms with E-state index in [0.717, 1.165) is 13.6 Å². The van der Waals surface area contributed by atoms with Crippen molar-refractivity contribution in [1.29, 1.82) is 0 Å². The number of carbonyl (C=O) groups is 1. The van der Waals surface area contributed by atoms with Crippen molar-refractivity contribution in [3.8, 4) is 0 Å². The molecule has 5 heteroatoms. The van der Waals surface area contributed by atoms with E-state index in [4.69, 9.17) is 0 Å². The van der Waals surface area contributed by atoms with E-state index in [9.17, 15) is 9.50 Å². The van der Waals surface area contributed by atoms with E-state index in [0.29, 0.717) is 6.44 Å². The van der Waals surface area contributed by atoms with Gasteiger partial charge in [0, 0.05) is 0 Å². The molecule has 1 rings (SSSR count). The number of nitrogens with zero attached hydrogens (tertiary/aromatic N) is 1. The van der Waals surface area contributed by atoms with Gasteiger partial charge in [0.25, 0.3) is 0 Å². The molecule has 1 aliphatic rings. The summed E-state index contributed by atoms with van der Waals surface area (Å²) in [5, 5.41) is 2.93. The molecule has 0 bridgehead atoms. The molecule has 78 valence electrons. The first-order chi connectivity index (χ1) is 6.32. The number of hydrogen-bond donors (Lipinski definition) is 1. The molecule has 1 atom stereocenters. The molecule has 0 aromatic rings. The predicted molar refractivity (Wildman–Crippen MR) is 54.3 cm³/mol. The van der Waals surface area contributed by atoms with Crippen molar-refractivity contribution < 1.29 is 9.50 Å². The van der Waals surface area contributed by atoms with Gasteiger partial charge in [-0.1, -0.05) is 0 Å². The topological polar surface area (TPSA) is 49.4 Å². The fraction of sp³-hybridized carbons (Fsp3) is 0.889. The molecule has 1 N–H and O–H groups in total. The van der Waals surface area contributed by atoms with E-state index in [1.807, 2.05) is 20.8 Å². The van der Waals surface area contributed by atoms with Gasteiger partial charge in [0.2, 0.25) is 0 Å². The van der Waals surface area contributed by atoms with Crippen LogP contribution in [0.5, 0.6) is 0 Å². The molecular formula is C9H17BN2O2. The van der Waals surface area contributed by atoms with Gasteiger partial charge in [0.1, 0.15) is 0 Å². The average Bonchev–Trinajstić information content (AvgIpc) is 2.22. The Bertz CT molecular complexity index is 268. The number of rotatable bonds is 3. The fourth-order valence-electron chi connectivity index (χ4n) is 2.05. The summed E-state index contributed by atoms with van der Waals surface area (Å²) in [5.74, 6) is 0.00634. The van der Waals surface area contributed by atoms with Gasteiger partial charge in [0.05, 0.1) is 0 Å². The molecule has 0 aromatic carbocycles. The van der Waals surface area contributed by atoms with Crippen molar-refractivity contribution in [3.63, 3.8) is 0 Å². The monoisotopic (exact) mass is 196 g/mol. The third-order valence-corrected chi connectivity index (χ3v) is 2.92. The number of likely N-dealkylation sites (N-methyl/N-ethyl adjacent to an activating group) is 1. The SMILES string of the molecule is CN(CB=O)C1(C)CC(C)(C)NC1=O. The predicted octanol–water partition coefficient (Wildman–Crippen LogP) is -0.0174. The van der Waals surface area contributed by atoms with Crippen molar-refractivity contribution in [2.45, 2.75) is 38.3 Å². The molecule has 1 unspecified atom stereocenters. The van der Waals surface area contributed by atoms with Gasteiger partial charge >= 0.3 is 84.5 Å². The van der Waals surface area contributed by atoms with Gasteiger partial charge in [0.15, 0.2) is 0 Å². The van der Waals surface area contributed by atoms with Crippen molar-refractivity contribution in [2.75, 3.05) is 13.5 Å². The average molecular weight is 196 g/mol. The summed E-state index contributed by atoms with van der Waals surface area (Å²) >= 11 is 0. The number of carbonyl (C=O) groups excluding carboxylic acids is 1. The Morgan fingerprint density at radius 3 is 2.43 bits per heavy atom. The van der Waals surface area contributed by atoms with E-state index in [1.165, 1.54) is 0 Å². The zero-order chi connectivity index (χ0) is 11.0. The van der Waals surface area contributed by atoms with E-state index in [1.54, 1.807) is 11.9 Å². The van der Waals surface area contributed by atoms with Gasteiger partial charge in [-0.2, -0.15) is 0 Å². The van der Waals surface area contributed by atoms with Crippen LogP contribution < -0.4 is 5.32 Å². The molecule has 1 saturated heterocycles. The molecule has 1 heterocycles. The minimum atomic E-state index is -0.551. The van der Waals surface area contributed by atoms with Gasteiger partial charge < -0.3 is 0 Å². The summed E-state index contributed by atoms with van der Waals surface area (Å²) in [6, 6.07) is 0. The van der Waals surface area contributed by atoms with Crippen LogP contribution in [0.3, 0.4) is 0 Å². The quantitative estimate of drug-likeness (QED) is 0.645. The Morgan fingerprint density at radius 2 is 2.07 bits per heavy atom. The Morgan fingerprint density at radius 1 is 1.50 bits per heavy atom. The van der Waals surface area contributed by atoms with Crippen LogP contribution in [-0.4, -0.2) is 42.5 Å². The minimum absolute atomic E-state index is 0.00634. The van der Waals surface area contributed by atoms with Crippen LogP contribution in [0.15, 0.2) is 0 Å². The van der Waals surface area contributed by atoms with Crippen molar-refractivity contribution >= 4 is 13.1 Å². The van der Waals surface area contributed by atoms with Crippen molar-refractivity contribution in [2.24, 2.45) is 0 Å². The first-order valence-corrected chi connectivity index (χ1v) is 4.79. The van der Waals surface area contributed by atoms with Crippen LogP contribution in [-0.2, 0) is 9.50 Å². The standard InChI is InChI=1S/C9H17BN2O2/c1-8(2)5-9(3,7(13)11-8)12(4)6-10-14/h5-6H2,1-4H3,(H,11,13). The van der Waals surface area contributed by atoms with Gasteiger partial charge in [-0.15, -0.1) is 0 Å². The summed E-state index contributed by atoms with van der Waals surface area (Å²) in [6.45, 7) is 5.86. The Kier molecular flexibility index (Phi) is 2.81. The van der Waals surface area contributed by atoms with E-state index >= 15 is 0 Å². The van der Waals surface area contributed by atoms with Crippen LogP contribution in [0.1, 0.15) is 27.2 Å². The molecular weight excluding hydrogens is 179 g/mol. The molecule has 0 spiro atoms. The van der Waals surface area contributed by atoms with Crippen molar-refractivity contribution in [1.82, 2.24) is 10.2 Å². The summed E-state index contributed by atoms with van der Waals surface area (Å²) in [6.07, 6.45) is 1.02. The van der Waals surface area contributed by atoms with Gasteiger partial charge in [-0.25, -0.2) is 0 Å². The number of amides is 1. The second-order valence-corrected chi connectivity index (χ2v) is 4.84. The maximum absolute atomic E-state index is 11.8. The molecule has 4 nitrogen and oxygen atoms in total. The van der Waals surface area contributed by atoms with Gasteiger partial charge in [-0.05, 0) is 0 Å². The molecule has 1 aliphatic heterocycles. The normalized spacial score (nSPS) is 30.2. The van der Waals surface area contributed by atoms with Crippen LogP contribution in [0, 0.1) is 0 Å². The molecule has 1 fully saturated rings. The van der Waals surface area contributed by atoms with Crippen molar-refractivity contribution in [3.05, 3.63) is 0 Å². The Hall–Kier alpha value is -0.705. The van der Waals surface area contributed by atoms with E-state index in [2.05, 4.69) is 5.32 Å². The second-order valence-electron chi connectivity index (χ2n) is 4.84. The van der Waals surface area contributed by atoms with Crippen LogP contribution in [0.2, 0.25) is 0 Å². The van der Waals surface area contributed by atoms with E-state index in [-0.39, 0.29) is 11.4 Å². The zero-order valence-corrected chi connectivity index (χ0v) is 9.26. The summed E-state index contributed by atoms with van der Waals surface area (Å²) < 4.78 is 10.4. The molecule has 0 radical (unpaired) electrons. The molecule has 1 amide bonds. The number of hydrogen-bond acceptors (Lipinski definition) is 3.